The number of aryl methyl sites for hydroxylation is 2. The number of likely N-dealkylation sites (tertiary alicyclic amines) is 1. The largest absolute Gasteiger partial charge is 0.434 e. The summed E-state index contributed by atoms with van der Waals surface area (Å²) in [6, 6.07) is 3.63. The molecule has 0 aliphatic carbocycles. The zero-order chi connectivity index (χ0) is 17.9. The smallest absolute Gasteiger partial charge is 0.387 e. The topological polar surface area (TPSA) is 58.6 Å². The Bertz CT molecular complexity index is 657. The van der Waals surface area contributed by atoms with Crippen molar-refractivity contribution in [3.63, 3.8) is 0 Å². The van der Waals surface area contributed by atoms with Crippen molar-refractivity contribution in [3.8, 4) is 5.75 Å². The third-order valence-corrected chi connectivity index (χ3v) is 6.10. The second-order valence-electron chi connectivity index (χ2n) is 6.13. The van der Waals surface area contributed by atoms with Gasteiger partial charge in [-0.15, -0.1) is 0 Å². The highest BCUT2D eigenvalue weighted by Gasteiger charge is 2.32. The zero-order valence-electron chi connectivity index (χ0n) is 14.2. The molecule has 1 aromatic carbocycles. The molecule has 1 saturated heterocycles. The molecule has 1 aromatic rings. The monoisotopic (exact) mass is 362 g/mol. The number of hydrogen-bond donors (Lipinski definition) is 1. The average Bonchev–Trinajstić information content (AvgIpc) is 2.92. The summed E-state index contributed by atoms with van der Waals surface area (Å²) in [4.78, 5) is 2.07. The van der Waals surface area contributed by atoms with Crippen LogP contribution in [0.2, 0.25) is 0 Å². The first-order chi connectivity index (χ1) is 11.2. The molecule has 1 unspecified atom stereocenters. The van der Waals surface area contributed by atoms with Gasteiger partial charge in [0.1, 0.15) is 5.75 Å². The Morgan fingerprint density at radius 2 is 1.96 bits per heavy atom. The Kier molecular flexibility index (Phi) is 6.17. The van der Waals surface area contributed by atoms with Gasteiger partial charge in [0.05, 0.1) is 5.25 Å². The van der Waals surface area contributed by atoms with Crippen molar-refractivity contribution in [1.29, 1.82) is 0 Å². The molecule has 0 amide bonds. The van der Waals surface area contributed by atoms with Gasteiger partial charge in [-0.3, -0.25) is 4.90 Å². The number of alkyl halides is 2. The number of ether oxygens (including phenoxy) is 1. The van der Waals surface area contributed by atoms with Gasteiger partial charge in [-0.05, 0) is 43.5 Å². The standard InChI is InChI=1S/C16H24F2N2O3S/c1-4-19-24(21,22)14-5-6-20(10-14)9-13-7-11(2)15(12(3)8-13)23-16(17)18/h7-8,14,16,19H,4-6,9-10H2,1-3H3. The van der Waals surface area contributed by atoms with E-state index in [9.17, 15) is 17.2 Å². The van der Waals surface area contributed by atoms with Crippen LogP contribution >= 0.6 is 0 Å². The molecule has 1 heterocycles. The Balaban J connectivity index is 2.05. The minimum atomic E-state index is -3.27. The normalized spacial score (nSPS) is 19.2. The van der Waals surface area contributed by atoms with Crippen molar-refractivity contribution in [3.05, 3.63) is 28.8 Å². The molecule has 1 aliphatic heterocycles. The molecule has 1 atom stereocenters. The van der Waals surface area contributed by atoms with Crippen LogP contribution in [0.4, 0.5) is 8.78 Å². The molecule has 8 heteroatoms. The maximum absolute atomic E-state index is 12.4. The maximum Gasteiger partial charge on any atom is 0.387 e. The number of benzene rings is 1. The quantitative estimate of drug-likeness (QED) is 0.809. The number of sulfonamides is 1. The van der Waals surface area contributed by atoms with E-state index >= 15 is 0 Å². The van der Waals surface area contributed by atoms with Crippen LogP contribution in [0.3, 0.4) is 0 Å². The van der Waals surface area contributed by atoms with Crippen molar-refractivity contribution in [2.75, 3.05) is 19.6 Å². The Hall–Kier alpha value is -1.25. The van der Waals surface area contributed by atoms with Gasteiger partial charge in [0, 0.05) is 19.6 Å². The zero-order valence-corrected chi connectivity index (χ0v) is 15.0. The number of nitrogens with zero attached hydrogens (tertiary/aromatic N) is 1. The first kappa shape index (κ1) is 19.1. The molecule has 0 radical (unpaired) electrons. The highest BCUT2D eigenvalue weighted by Crippen LogP contribution is 2.28. The SMILES string of the molecule is CCNS(=O)(=O)C1CCN(Cc2cc(C)c(OC(F)F)c(C)c2)C1. The van der Waals surface area contributed by atoms with Crippen LogP contribution in [0.15, 0.2) is 12.1 Å². The van der Waals surface area contributed by atoms with Crippen molar-refractivity contribution >= 4 is 10.0 Å². The summed E-state index contributed by atoms with van der Waals surface area (Å²) in [7, 11) is -3.27. The third kappa shape index (κ3) is 4.64. The molecular formula is C16H24F2N2O3S. The van der Waals surface area contributed by atoms with E-state index < -0.39 is 21.9 Å². The summed E-state index contributed by atoms with van der Waals surface area (Å²) < 4.78 is 56.1. The van der Waals surface area contributed by atoms with Crippen molar-refractivity contribution < 1.29 is 21.9 Å². The lowest BCUT2D eigenvalue weighted by atomic mass is 10.1. The van der Waals surface area contributed by atoms with Gasteiger partial charge >= 0.3 is 6.61 Å². The van der Waals surface area contributed by atoms with E-state index in [1.807, 2.05) is 12.1 Å². The fourth-order valence-electron chi connectivity index (χ4n) is 3.18. The minimum Gasteiger partial charge on any atom is -0.434 e. The maximum atomic E-state index is 12.4. The van der Waals surface area contributed by atoms with E-state index in [1.165, 1.54) is 0 Å². The molecule has 1 aliphatic rings. The van der Waals surface area contributed by atoms with E-state index in [0.717, 1.165) is 5.56 Å². The van der Waals surface area contributed by atoms with E-state index in [4.69, 9.17) is 0 Å². The molecule has 0 spiro atoms. The first-order valence-electron chi connectivity index (χ1n) is 7.98. The predicted molar refractivity (Wildman–Crippen MR) is 88.8 cm³/mol. The number of nitrogens with one attached hydrogen (secondary N) is 1. The van der Waals surface area contributed by atoms with Gasteiger partial charge in [0.25, 0.3) is 0 Å². The second kappa shape index (κ2) is 7.76. The van der Waals surface area contributed by atoms with Gasteiger partial charge < -0.3 is 4.74 Å². The molecule has 0 saturated carbocycles. The summed E-state index contributed by atoms with van der Waals surface area (Å²) in [5.74, 6) is 0.211. The van der Waals surface area contributed by atoms with Crippen molar-refractivity contribution in [2.45, 2.75) is 45.6 Å². The predicted octanol–water partition coefficient (Wildman–Crippen LogP) is 2.42. The van der Waals surface area contributed by atoms with Crippen molar-refractivity contribution in [2.24, 2.45) is 0 Å². The van der Waals surface area contributed by atoms with Crippen LogP contribution in [0.1, 0.15) is 30.0 Å². The average molecular weight is 362 g/mol. The van der Waals surface area contributed by atoms with E-state index in [1.54, 1.807) is 20.8 Å². The van der Waals surface area contributed by atoms with Crippen LogP contribution in [0.5, 0.6) is 5.75 Å². The minimum absolute atomic E-state index is 0.211. The third-order valence-electron chi connectivity index (χ3n) is 4.15. The Morgan fingerprint density at radius 3 is 2.50 bits per heavy atom. The lowest BCUT2D eigenvalue weighted by Gasteiger charge is -2.18. The van der Waals surface area contributed by atoms with Crippen LogP contribution in [-0.4, -0.2) is 44.8 Å². The summed E-state index contributed by atoms with van der Waals surface area (Å²) in [6.45, 7) is 4.54. The molecule has 24 heavy (non-hydrogen) atoms. The summed E-state index contributed by atoms with van der Waals surface area (Å²) in [5.41, 5.74) is 2.27. The molecule has 1 N–H and O–H groups in total. The summed E-state index contributed by atoms with van der Waals surface area (Å²) >= 11 is 0. The molecular weight excluding hydrogens is 338 g/mol. The van der Waals surface area contributed by atoms with Gasteiger partial charge in [0.15, 0.2) is 0 Å². The van der Waals surface area contributed by atoms with Crippen LogP contribution in [0, 0.1) is 13.8 Å². The molecule has 1 fully saturated rings. The van der Waals surface area contributed by atoms with E-state index in [2.05, 4.69) is 14.4 Å². The fourth-order valence-corrected chi connectivity index (χ4v) is 4.64. The lowest BCUT2D eigenvalue weighted by Crippen LogP contribution is -2.36. The molecule has 2 rings (SSSR count). The Labute approximate surface area is 142 Å². The van der Waals surface area contributed by atoms with Crippen LogP contribution in [0.25, 0.3) is 0 Å². The number of halogens is 2. The second-order valence-corrected chi connectivity index (χ2v) is 8.17. The van der Waals surface area contributed by atoms with Gasteiger partial charge in [-0.25, -0.2) is 13.1 Å². The lowest BCUT2D eigenvalue weighted by molar-refractivity contribution is -0.0507. The van der Waals surface area contributed by atoms with Crippen LogP contribution < -0.4 is 9.46 Å². The van der Waals surface area contributed by atoms with Gasteiger partial charge in [-0.2, -0.15) is 8.78 Å². The number of rotatable bonds is 7. The molecule has 0 bridgehead atoms. The van der Waals surface area contributed by atoms with E-state index in [-0.39, 0.29) is 5.75 Å². The molecule has 136 valence electrons. The molecule has 0 aromatic heterocycles. The van der Waals surface area contributed by atoms with Gasteiger partial charge in [0.2, 0.25) is 10.0 Å². The van der Waals surface area contributed by atoms with Crippen LogP contribution in [-0.2, 0) is 16.6 Å². The van der Waals surface area contributed by atoms with E-state index in [0.29, 0.717) is 43.7 Å². The summed E-state index contributed by atoms with van der Waals surface area (Å²) in [5, 5.41) is -0.402. The van der Waals surface area contributed by atoms with Crippen molar-refractivity contribution in [1.82, 2.24) is 9.62 Å². The highest BCUT2D eigenvalue weighted by atomic mass is 32.2. The fraction of sp³-hybridized carbons (Fsp3) is 0.625. The molecule has 5 nitrogen and oxygen atoms in total. The number of hydrogen-bond acceptors (Lipinski definition) is 4. The van der Waals surface area contributed by atoms with Gasteiger partial charge in [-0.1, -0.05) is 19.1 Å². The Morgan fingerprint density at radius 1 is 1.33 bits per heavy atom. The summed E-state index contributed by atoms with van der Waals surface area (Å²) in [6.07, 6.45) is 0.597. The highest BCUT2D eigenvalue weighted by molar-refractivity contribution is 7.90. The first-order valence-corrected chi connectivity index (χ1v) is 9.53.